The fourth-order valence-corrected chi connectivity index (χ4v) is 1.46. The summed E-state index contributed by atoms with van der Waals surface area (Å²) in [5.41, 5.74) is 3.08. The van der Waals surface area contributed by atoms with E-state index in [4.69, 9.17) is 0 Å². The van der Waals surface area contributed by atoms with Crippen molar-refractivity contribution in [2.45, 2.75) is 12.8 Å². The lowest BCUT2D eigenvalue weighted by Crippen LogP contribution is -1.96. The molecule has 1 nitrogen and oxygen atoms in total. The quantitative estimate of drug-likeness (QED) is 0.726. The molecule has 0 saturated heterocycles. The molecule has 0 amide bonds. The van der Waals surface area contributed by atoms with Crippen LogP contribution in [-0.2, 0) is 0 Å². The van der Waals surface area contributed by atoms with Crippen LogP contribution in [0.2, 0.25) is 0 Å². The standard InChI is InChI=1S/C12H12O/c1-9(10-5-4-6-10)11-7-2-3-8-12(11)13/h2-3,5,7-8,13H,1,4,6H2. The predicted octanol–water partition coefficient (Wildman–Crippen LogP) is 3.13. The Bertz CT molecular complexity index is 374. The van der Waals surface area contributed by atoms with Gasteiger partial charge in [0.2, 0.25) is 0 Å². The third-order valence-electron chi connectivity index (χ3n) is 2.42. The Balaban J connectivity index is 2.35. The molecule has 0 aromatic heterocycles. The maximum atomic E-state index is 9.56. The Morgan fingerprint density at radius 2 is 2.00 bits per heavy atom. The minimum absolute atomic E-state index is 0.320. The van der Waals surface area contributed by atoms with Crippen LogP contribution < -0.4 is 0 Å². The molecule has 1 N–H and O–H groups in total. The van der Waals surface area contributed by atoms with Gasteiger partial charge >= 0.3 is 0 Å². The Morgan fingerprint density at radius 3 is 2.54 bits per heavy atom. The summed E-state index contributed by atoms with van der Waals surface area (Å²) in [7, 11) is 0. The number of rotatable bonds is 2. The van der Waals surface area contributed by atoms with Gasteiger partial charge in [-0.25, -0.2) is 0 Å². The van der Waals surface area contributed by atoms with E-state index in [1.165, 1.54) is 5.57 Å². The summed E-state index contributed by atoms with van der Waals surface area (Å²) in [4.78, 5) is 0. The first-order valence-electron chi connectivity index (χ1n) is 4.45. The average molecular weight is 172 g/mol. The fourth-order valence-electron chi connectivity index (χ4n) is 1.46. The molecule has 0 atom stereocenters. The first-order chi connectivity index (χ1) is 6.29. The molecular formula is C12H12O. The van der Waals surface area contributed by atoms with Gasteiger partial charge in [-0.2, -0.15) is 0 Å². The third kappa shape index (κ3) is 1.37. The molecule has 66 valence electrons. The highest BCUT2D eigenvalue weighted by molar-refractivity contribution is 5.81. The highest BCUT2D eigenvalue weighted by atomic mass is 16.3. The Morgan fingerprint density at radius 1 is 1.31 bits per heavy atom. The van der Waals surface area contributed by atoms with E-state index in [0.29, 0.717) is 5.75 Å². The van der Waals surface area contributed by atoms with Crippen molar-refractivity contribution in [2.24, 2.45) is 0 Å². The number of benzene rings is 1. The van der Waals surface area contributed by atoms with E-state index in [0.717, 1.165) is 24.0 Å². The number of para-hydroxylation sites is 1. The maximum Gasteiger partial charge on any atom is 0.123 e. The number of aromatic hydroxyl groups is 1. The molecule has 0 fully saturated rings. The number of hydrogen-bond acceptors (Lipinski definition) is 1. The molecule has 1 aromatic carbocycles. The molecule has 1 aromatic rings. The average Bonchev–Trinajstić information content (AvgIpc) is 2.01. The second-order valence-electron chi connectivity index (χ2n) is 3.26. The molecule has 2 rings (SSSR count). The number of hydrogen-bond donors (Lipinski definition) is 1. The van der Waals surface area contributed by atoms with Gasteiger partial charge in [0.1, 0.15) is 5.75 Å². The molecule has 13 heavy (non-hydrogen) atoms. The van der Waals surface area contributed by atoms with E-state index in [1.807, 2.05) is 18.2 Å². The summed E-state index contributed by atoms with van der Waals surface area (Å²) in [6.45, 7) is 3.98. The molecule has 1 heteroatoms. The van der Waals surface area contributed by atoms with Crippen LogP contribution in [0.1, 0.15) is 18.4 Å². The summed E-state index contributed by atoms with van der Waals surface area (Å²) in [6, 6.07) is 7.33. The van der Waals surface area contributed by atoms with Crippen LogP contribution in [0.25, 0.3) is 5.57 Å². The molecule has 1 aliphatic carbocycles. The highest BCUT2D eigenvalue weighted by Crippen LogP contribution is 2.34. The SMILES string of the molecule is C=C(C1=CCC1)c1ccccc1O. The van der Waals surface area contributed by atoms with Crippen LogP contribution in [0.5, 0.6) is 5.75 Å². The maximum absolute atomic E-state index is 9.56. The van der Waals surface area contributed by atoms with Gasteiger partial charge in [0.25, 0.3) is 0 Å². The fraction of sp³-hybridized carbons (Fsp3) is 0.167. The largest absolute Gasteiger partial charge is 0.507 e. The Labute approximate surface area is 78.0 Å². The van der Waals surface area contributed by atoms with Crippen molar-refractivity contribution in [2.75, 3.05) is 0 Å². The van der Waals surface area contributed by atoms with Crippen molar-refractivity contribution in [1.29, 1.82) is 0 Å². The van der Waals surface area contributed by atoms with E-state index < -0.39 is 0 Å². The van der Waals surface area contributed by atoms with Crippen LogP contribution in [0, 0.1) is 0 Å². The van der Waals surface area contributed by atoms with Gasteiger partial charge in [0, 0.05) is 5.56 Å². The van der Waals surface area contributed by atoms with Crippen LogP contribution in [-0.4, -0.2) is 5.11 Å². The van der Waals surface area contributed by atoms with Crippen LogP contribution in [0.15, 0.2) is 42.5 Å². The molecule has 1 aliphatic rings. The number of allylic oxidation sites excluding steroid dienone is 3. The molecule has 0 radical (unpaired) electrons. The van der Waals surface area contributed by atoms with Gasteiger partial charge < -0.3 is 5.11 Å². The first-order valence-corrected chi connectivity index (χ1v) is 4.45. The number of phenols is 1. The molecule has 0 saturated carbocycles. The van der Waals surface area contributed by atoms with Gasteiger partial charge in [-0.3, -0.25) is 0 Å². The topological polar surface area (TPSA) is 20.2 Å². The van der Waals surface area contributed by atoms with Gasteiger partial charge in [0.15, 0.2) is 0 Å². The summed E-state index contributed by atoms with van der Waals surface area (Å²) in [5, 5.41) is 9.56. The Kier molecular flexibility index (Phi) is 1.93. The van der Waals surface area contributed by atoms with Crippen LogP contribution in [0.4, 0.5) is 0 Å². The van der Waals surface area contributed by atoms with Crippen molar-refractivity contribution in [3.8, 4) is 5.75 Å². The van der Waals surface area contributed by atoms with E-state index in [1.54, 1.807) is 6.07 Å². The molecule has 0 heterocycles. The number of phenolic OH excluding ortho intramolecular Hbond substituents is 1. The van der Waals surface area contributed by atoms with Crippen molar-refractivity contribution in [1.82, 2.24) is 0 Å². The third-order valence-corrected chi connectivity index (χ3v) is 2.42. The van der Waals surface area contributed by atoms with E-state index in [2.05, 4.69) is 12.7 Å². The van der Waals surface area contributed by atoms with Gasteiger partial charge in [-0.05, 0) is 30.1 Å². The smallest absolute Gasteiger partial charge is 0.123 e. The molecule has 0 unspecified atom stereocenters. The lowest BCUT2D eigenvalue weighted by atomic mass is 9.88. The second kappa shape index (κ2) is 3.09. The Hall–Kier alpha value is -1.50. The van der Waals surface area contributed by atoms with E-state index in [-0.39, 0.29) is 0 Å². The lowest BCUT2D eigenvalue weighted by Gasteiger charge is -2.17. The highest BCUT2D eigenvalue weighted by Gasteiger charge is 2.12. The zero-order valence-corrected chi connectivity index (χ0v) is 7.46. The van der Waals surface area contributed by atoms with Crippen molar-refractivity contribution in [3.05, 3.63) is 48.1 Å². The lowest BCUT2D eigenvalue weighted by molar-refractivity contribution is 0.473. The molecular weight excluding hydrogens is 160 g/mol. The van der Waals surface area contributed by atoms with Gasteiger partial charge in [-0.15, -0.1) is 0 Å². The second-order valence-corrected chi connectivity index (χ2v) is 3.26. The minimum Gasteiger partial charge on any atom is -0.507 e. The zero-order chi connectivity index (χ0) is 9.26. The predicted molar refractivity (Wildman–Crippen MR) is 54.5 cm³/mol. The summed E-state index contributed by atoms with van der Waals surface area (Å²) < 4.78 is 0. The van der Waals surface area contributed by atoms with Crippen LogP contribution in [0.3, 0.4) is 0 Å². The summed E-state index contributed by atoms with van der Waals surface area (Å²) in [5.74, 6) is 0.320. The zero-order valence-electron chi connectivity index (χ0n) is 7.46. The minimum atomic E-state index is 0.320. The molecule has 0 aliphatic heterocycles. The first kappa shape index (κ1) is 8.11. The molecule has 0 spiro atoms. The van der Waals surface area contributed by atoms with E-state index >= 15 is 0 Å². The van der Waals surface area contributed by atoms with Gasteiger partial charge in [0.05, 0.1) is 0 Å². The summed E-state index contributed by atoms with van der Waals surface area (Å²) in [6.07, 6.45) is 4.39. The van der Waals surface area contributed by atoms with E-state index in [9.17, 15) is 5.11 Å². The van der Waals surface area contributed by atoms with Crippen LogP contribution >= 0.6 is 0 Å². The summed E-state index contributed by atoms with van der Waals surface area (Å²) >= 11 is 0. The monoisotopic (exact) mass is 172 g/mol. The van der Waals surface area contributed by atoms with Crippen molar-refractivity contribution in [3.63, 3.8) is 0 Å². The van der Waals surface area contributed by atoms with Gasteiger partial charge in [-0.1, -0.05) is 30.9 Å². The normalized spacial score (nSPS) is 14.6. The van der Waals surface area contributed by atoms with Crippen molar-refractivity contribution >= 4 is 5.57 Å². The van der Waals surface area contributed by atoms with Crippen molar-refractivity contribution < 1.29 is 5.11 Å². The molecule has 0 bridgehead atoms.